The quantitative estimate of drug-likeness (QED) is 0.331. The summed E-state index contributed by atoms with van der Waals surface area (Å²) < 4.78 is 13.1. The van der Waals surface area contributed by atoms with Crippen molar-refractivity contribution in [2.45, 2.75) is 32.5 Å². The molecule has 0 saturated carbocycles. The number of thiocarbonyl (C=S) groups is 1. The van der Waals surface area contributed by atoms with Crippen molar-refractivity contribution in [2.75, 3.05) is 14.2 Å². The summed E-state index contributed by atoms with van der Waals surface area (Å²) in [6.45, 7) is 4.98. The van der Waals surface area contributed by atoms with E-state index in [0.717, 1.165) is 44.9 Å². The Bertz CT molecular complexity index is 1370. The van der Waals surface area contributed by atoms with Gasteiger partial charge in [0.05, 0.1) is 32.0 Å². The van der Waals surface area contributed by atoms with Crippen LogP contribution in [0.15, 0.2) is 79.0 Å². The molecule has 7 heteroatoms. The molecule has 0 radical (unpaired) electrons. The highest BCUT2D eigenvalue weighted by molar-refractivity contribution is 7.80. The smallest absolute Gasteiger partial charge is 0.170 e. The molecule has 5 rings (SSSR count). The number of hydrogen-bond donors (Lipinski definition) is 1. The van der Waals surface area contributed by atoms with Crippen molar-refractivity contribution in [3.63, 3.8) is 0 Å². The van der Waals surface area contributed by atoms with Gasteiger partial charge in [-0.25, -0.2) is 0 Å². The fourth-order valence-electron chi connectivity index (χ4n) is 5.08. The van der Waals surface area contributed by atoms with Crippen LogP contribution in [0.4, 0.5) is 0 Å². The zero-order valence-electron chi connectivity index (χ0n) is 20.9. The van der Waals surface area contributed by atoms with Crippen LogP contribution in [-0.4, -0.2) is 33.8 Å². The van der Waals surface area contributed by atoms with Crippen molar-refractivity contribution in [3.8, 4) is 17.2 Å². The van der Waals surface area contributed by atoms with Gasteiger partial charge >= 0.3 is 0 Å². The highest BCUT2D eigenvalue weighted by atomic mass is 32.1. The highest BCUT2D eigenvalue weighted by Crippen LogP contribution is 2.42. The zero-order valence-corrected chi connectivity index (χ0v) is 21.8. The number of methoxy groups -OCH3 is 2. The molecule has 1 fully saturated rings. The van der Waals surface area contributed by atoms with Crippen LogP contribution < -0.4 is 14.8 Å². The van der Waals surface area contributed by atoms with Gasteiger partial charge < -0.3 is 24.3 Å². The summed E-state index contributed by atoms with van der Waals surface area (Å²) in [7, 11) is 3.37. The second-order valence-corrected chi connectivity index (χ2v) is 9.35. The first kappa shape index (κ1) is 23.9. The van der Waals surface area contributed by atoms with Crippen molar-refractivity contribution < 1.29 is 9.47 Å². The Kier molecular flexibility index (Phi) is 6.65. The highest BCUT2D eigenvalue weighted by Gasteiger charge is 2.41. The van der Waals surface area contributed by atoms with Crippen LogP contribution in [0, 0.1) is 13.8 Å². The van der Waals surface area contributed by atoms with Gasteiger partial charge in [-0.2, -0.15) is 0 Å². The number of benzene rings is 2. The molecule has 2 atom stereocenters. The molecule has 0 aliphatic carbocycles. The van der Waals surface area contributed by atoms with Gasteiger partial charge in [-0.3, -0.25) is 4.98 Å². The number of rotatable bonds is 7. The second kappa shape index (κ2) is 10.0. The van der Waals surface area contributed by atoms with E-state index in [9.17, 15) is 0 Å². The molecule has 0 amide bonds. The van der Waals surface area contributed by atoms with Gasteiger partial charge in [-0.1, -0.05) is 24.3 Å². The molecule has 0 unspecified atom stereocenters. The molecule has 4 aromatic rings. The van der Waals surface area contributed by atoms with Crippen molar-refractivity contribution in [1.29, 1.82) is 0 Å². The van der Waals surface area contributed by atoms with E-state index in [2.05, 4.69) is 70.0 Å². The first-order valence-electron chi connectivity index (χ1n) is 11.9. The predicted molar refractivity (Wildman–Crippen MR) is 146 cm³/mol. The van der Waals surface area contributed by atoms with Gasteiger partial charge in [-0.05, 0) is 79.7 Å². The normalized spacial score (nSPS) is 17.2. The number of pyridine rings is 1. The molecule has 0 bridgehead atoms. The first-order chi connectivity index (χ1) is 17.5. The summed E-state index contributed by atoms with van der Waals surface area (Å²) >= 11 is 5.89. The Morgan fingerprint density at radius 2 is 1.69 bits per heavy atom. The molecule has 6 nitrogen and oxygen atoms in total. The lowest BCUT2D eigenvalue weighted by Crippen LogP contribution is -2.29. The fourth-order valence-corrected chi connectivity index (χ4v) is 5.38. The fraction of sp³-hybridized carbons (Fsp3) is 0.241. The third kappa shape index (κ3) is 4.42. The minimum atomic E-state index is -0.0730. The van der Waals surface area contributed by atoms with E-state index in [0.29, 0.717) is 6.54 Å². The van der Waals surface area contributed by atoms with Crippen molar-refractivity contribution in [3.05, 3.63) is 107 Å². The molecule has 36 heavy (non-hydrogen) atoms. The average molecular weight is 499 g/mol. The molecule has 0 spiro atoms. The first-order valence-corrected chi connectivity index (χ1v) is 12.3. The number of ether oxygens (including phenoxy) is 2. The average Bonchev–Trinajstić information content (AvgIpc) is 3.39. The summed E-state index contributed by atoms with van der Waals surface area (Å²) in [5, 5.41) is 4.29. The minimum Gasteiger partial charge on any atom is -0.497 e. The summed E-state index contributed by atoms with van der Waals surface area (Å²) in [4.78, 5) is 6.96. The van der Waals surface area contributed by atoms with Gasteiger partial charge in [0.1, 0.15) is 11.5 Å². The van der Waals surface area contributed by atoms with E-state index in [1.54, 1.807) is 14.2 Å². The second-order valence-electron chi connectivity index (χ2n) is 8.97. The molecule has 1 aliphatic heterocycles. The molecule has 1 aliphatic rings. The van der Waals surface area contributed by atoms with Gasteiger partial charge in [0.15, 0.2) is 5.11 Å². The summed E-state index contributed by atoms with van der Waals surface area (Å²) in [6, 6.07) is 24.5. The van der Waals surface area contributed by atoms with Crippen molar-refractivity contribution >= 4 is 17.3 Å². The molecular weight excluding hydrogens is 468 g/mol. The topological polar surface area (TPSA) is 51.5 Å². The maximum absolute atomic E-state index is 5.89. The van der Waals surface area contributed by atoms with Crippen molar-refractivity contribution in [1.82, 2.24) is 19.8 Å². The third-order valence-electron chi connectivity index (χ3n) is 6.81. The van der Waals surface area contributed by atoms with Crippen molar-refractivity contribution in [2.24, 2.45) is 0 Å². The summed E-state index contributed by atoms with van der Waals surface area (Å²) in [6.07, 6.45) is 1.84. The number of nitrogens with one attached hydrogen (secondary N) is 1. The molecule has 2 aromatic carbocycles. The molecule has 1 N–H and O–H groups in total. The molecule has 3 heterocycles. The number of aryl methyl sites for hydroxylation is 1. The van der Waals surface area contributed by atoms with Crippen LogP contribution in [0.2, 0.25) is 0 Å². The Hall–Kier alpha value is -3.84. The van der Waals surface area contributed by atoms with E-state index in [4.69, 9.17) is 21.7 Å². The molecule has 184 valence electrons. The number of hydrogen-bond acceptors (Lipinski definition) is 4. The maximum atomic E-state index is 5.89. The molecule has 2 aromatic heterocycles. The number of aromatic nitrogens is 2. The lowest BCUT2D eigenvalue weighted by atomic mass is 9.96. The van der Waals surface area contributed by atoms with Gasteiger partial charge in [0.2, 0.25) is 0 Å². The van der Waals surface area contributed by atoms with Gasteiger partial charge in [0, 0.05) is 35.9 Å². The SMILES string of the molecule is COc1ccc(CN2C(=S)N[C@H](c3ccccn3)[C@H]2c2cc(C)n(-c3cccc(OC)c3)c2C)cc1. The van der Waals surface area contributed by atoms with Crippen LogP contribution in [0.5, 0.6) is 11.5 Å². The predicted octanol–water partition coefficient (Wildman–Crippen LogP) is 5.68. The van der Waals surface area contributed by atoms with Crippen LogP contribution in [0.3, 0.4) is 0 Å². The van der Waals surface area contributed by atoms with Crippen LogP contribution >= 0.6 is 12.2 Å². The number of nitrogens with zero attached hydrogens (tertiary/aromatic N) is 3. The largest absolute Gasteiger partial charge is 0.497 e. The van der Waals surface area contributed by atoms with E-state index in [1.165, 1.54) is 5.56 Å². The lowest BCUT2D eigenvalue weighted by Gasteiger charge is -2.28. The molecule has 1 saturated heterocycles. The van der Waals surface area contributed by atoms with Gasteiger partial charge in [-0.15, -0.1) is 0 Å². The Morgan fingerprint density at radius 3 is 2.39 bits per heavy atom. The van der Waals surface area contributed by atoms with E-state index in [-0.39, 0.29) is 12.1 Å². The lowest BCUT2D eigenvalue weighted by molar-refractivity contribution is 0.310. The summed E-state index contributed by atoms with van der Waals surface area (Å²) in [5.41, 5.74) is 6.73. The van der Waals surface area contributed by atoms with E-state index >= 15 is 0 Å². The maximum Gasteiger partial charge on any atom is 0.170 e. The van der Waals surface area contributed by atoms with Crippen LogP contribution in [0.25, 0.3) is 5.69 Å². The standard InChI is InChI=1S/C29H30N4O2S/c1-19-16-25(20(2)33(19)22-8-7-9-24(17-22)35-4)28-27(26-10-5-6-15-30-26)31-29(36)32(28)18-21-11-13-23(34-3)14-12-21/h5-17,27-28H,18H2,1-4H3,(H,31,36)/t27-,28-/m1/s1. The Labute approximate surface area is 217 Å². The van der Waals surface area contributed by atoms with E-state index in [1.807, 2.05) is 42.6 Å². The van der Waals surface area contributed by atoms with Crippen LogP contribution in [-0.2, 0) is 6.54 Å². The summed E-state index contributed by atoms with van der Waals surface area (Å²) in [5.74, 6) is 1.67. The third-order valence-corrected chi connectivity index (χ3v) is 7.16. The Balaban J connectivity index is 1.59. The van der Waals surface area contributed by atoms with E-state index < -0.39 is 0 Å². The van der Waals surface area contributed by atoms with Crippen LogP contribution in [0.1, 0.15) is 40.3 Å². The van der Waals surface area contributed by atoms with Gasteiger partial charge in [0.25, 0.3) is 0 Å². The minimum absolute atomic E-state index is 0.0277. The molecular formula is C29H30N4O2S. The monoisotopic (exact) mass is 498 g/mol. The Morgan fingerprint density at radius 1 is 0.917 bits per heavy atom. The zero-order chi connectivity index (χ0) is 25.2.